The van der Waals surface area contributed by atoms with Gasteiger partial charge in [-0.2, -0.15) is 0 Å². The van der Waals surface area contributed by atoms with Crippen LogP contribution in [-0.4, -0.2) is 4.57 Å². The SMILES string of the molecule is Cn1ccc2cc(F)c(F)cc21. The number of hydrogen-bond acceptors (Lipinski definition) is 0. The van der Waals surface area contributed by atoms with E-state index >= 15 is 0 Å². The average Bonchev–Trinajstić information content (AvgIpc) is 2.35. The molecule has 1 nitrogen and oxygen atoms in total. The molecule has 0 unspecified atom stereocenters. The van der Waals surface area contributed by atoms with Gasteiger partial charge in [-0.1, -0.05) is 0 Å². The lowest BCUT2D eigenvalue weighted by Crippen LogP contribution is -1.87. The highest BCUT2D eigenvalue weighted by atomic mass is 19.2. The highest BCUT2D eigenvalue weighted by Gasteiger charge is 2.05. The van der Waals surface area contributed by atoms with Gasteiger partial charge in [0, 0.05) is 24.7 Å². The predicted molar refractivity (Wildman–Crippen MR) is 42.8 cm³/mol. The van der Waals surface area contributed by atoms with Crippen molar-refractivity contribution in [1.82, 2.24) is 4.57 Å². The van der Waals surface area contributed by atoms with E-state index in [1.165, 1.54) is 12.1 Å². The number of rotatable bonds is 0. The molecule has 0 amide bonds. The van der Waals surface area contributed by atoms with Crippen molar-refractivity contribution in [2.45, 2.75) is 0 Å². The van der Waals surface area contributed by atoms with Crippen LogP contribution < -0.4 is 0 Å². The van der Waals surface area contributed by atoms with Crippen LogP contribution in [0.5, 0.6) is 0 Å². The Morgan fingerprint density at radius 3 is 2.58 bits per heavy atom. The number of aromatic nitrogens is 1. The van der Waals surface area contributed by atoms with Crippen molar-refractivity contribution >= 4 is 10.9 Å². The van der Waals surface area contributed by atoms with Gasteiger partial charge in [0.25, 0.3) is 0 Å². The maximum absolute atomic E-state index is 12.7. The van der Waals surface area contributed by atoms with Gasteiger partial charge in [0.05, 0.1) is 5.52 Å². The molecule has 1 aromatic heterocycles. The Hall–Kier alpha value is -1.38. The molecule has 62 valence electrons. The van der Waals surface area contributed by atoms with Crippen LogP contribution in [0.15, 0.2) is 24.4 Å². The monoisotopic (exact) mass is 167 g/mol. The molecule has 0 saturated heterocycles. The molecule has 1 heterocycles. The summed E-state index contributed by atoms with van der Waals surface area (Å²) in [5.74, 6) is -1.60. The zero-order chi connectivity index (χ0) is 8.72. The van der Waals surface area contributed by atoms with Crippen molar-refractivity contribution in [3.05, 3.63) is 36.0 Å². The molecule has 0 bridgehead atoms. The second-order valence-electron chi connectivity index (χ2n) is 2.75. The van der Waals surface area contributed by atoms with E-state index in [4.69, 9.17) is 0 Å². The molecule has 0 spiro atoms. The van der Waals surface area contributed by atoms with Gasteiger partial charge in [-0.05, 0) is 12.1 Å². The van der Waals surface area contributed by atoms with Crippen LogP contribution in [0.25, 0.3) is 10.9 Å². The van der Waals surface area contributed by atoms with E-state index < -0.39 is 11.6 Å². The van der Waals surface area contributed by atoms with E-state index in [0.29, 0.717) is 5.52 Å². The van der Waals surface area contributed by atoms with Crippen LogP contribution in [0.2, 0.25) is 0 Å². The molecule has 2 rings (SSSR count). The molecule has 0 aliphatic carbocycles. The zero-order valence-corrected chi connectivity index (χ0v) is 6.51. The molecular weight excluding hydrogens is 160 g/mol. The van der Waals surface area contributed by atoms with Crippen molar-refractivity contribution in [2.24, 2.45) is 7.05 Å². The van der Waals surface area contributed by atoms with Crippen LogP contribution in [-0.2, 0) is 7.05 Å². The van der Waals surface area contributed by atoms with E-state index in [0.717, 1.165) is 5.39 Å². The summed E-state index contributed by atoms with van der Waals surface area (Å²) >= 11 is 0. The van der Waals surface area contributed by atoms with E-state index in [9.17, 15) is 8.78 Å². The lowest BCUT2D eigenvalue weighted by atomic mass is 10.2. The molecule has 0 aliphatic heterocycles. The first-order chi connectivity index (χ1) is 5.68. The van der Waals surface area contributed by atoms with Gasteiger partial charge in [0.1, 0.15) is 0 Å². The molecule has 0 atom stereocenters. The third-order valence-electron chi connectivity index (χ3n) is 1.93. The first-order valence-corrected chi connectivity index (χ1v) is 3.58. The quantitative estimate of drug-likeness (QED) is 0.568. The van der Waals surface area contributed by atoms with Crippen LogP contribution in [0.1, 0.15) is 0 Å². The molecule has 0 aliphatic rings. The van der Waals surface area contributed by atoms with Gasteiger partial charge in [-0.25, -0.2) is 8.78 Å². The molecule has 2 aromatic rings. The fourth-order valence-corrected chi connectivity index (χ4v) is 1.26. The van der Waals surface area contributed by atoms with E-state index in [2.05, 4.69) is 0 Å². The van der Waals surface area contributed by atoms with Crippen molar-refractivity contribution < 1.29 is 8.78 Å². The Balaban J connectivity index is 2.87. The van der Waals surface area contributed by atoms with Crippen LogP contribution >= 0.6 is 0 Å². The first-order valence-electron chi connectivity index (χ1n) is 3.58. The summed E-state index contributed by atoms with van der Waals surface area (Å²) in [7, 11) is 1.79. The van der Waals surface area contributed by atoms with Gasteiger partial charge in [-0.15, -0.1) is 0 Å². The summed E-state index contributed by atoms with van der Waals surface area (Å²) in [6.07, 6.45) is 1.77. The fourth-order valence-electron chi connectivity index (χ4n) is 1.26. The summed E-state index contributed by atoms with van der Waals surface area (Å²) < 4.78 is 27.1. The Labute approximate surface area is 68.2 Å². The van der Waals surface area contributed by atoms with Gasteiger partial charge in [0.15, 0.2) is 11.6 Å². The largest absolute Gasteiger partial charge is 0.350 e. The normalized spacial score (nSPS) is 10.9. The molecule has 3 heteroatoms. The van der Waals surface area contributed by atoms with Crippen LogP contribution in [0.3, 0.4) is 0 Å². The number of nitrogens with zero attached hydrogens (tertiary/aromatic N) is 1. The molecule has 0 radical (unpaired) electrons. The maximum atomic E-state index is 12.7. The number of fused-ring (bicyclic) bond motifs is 1. The third-order valence-corrected chi connectivity index (χ3v) is 1.93. The second-order valence-corrected chi connectivity index (χ2v) is 2.75. The van der Waals surface area contributed by atoms with E-state index in [1.54, 1.807) is 23.9 Å². The van der Waals surface area contributed by atoms with Gasteiger partial charge < -0.3 is 4.57 Å². The number of benzene rings is 1. The highest BCUT2D eigenvalue weighted by Crippen LogP contribution is 2.18. The topological polar surface area (TPSA) is 4.93 Å². The first kappa shape index (κ1) is 7.28. The Bertz CT molecular complexity index is 431. The van der Waals surface area contributed by atoms with E-state index in [-0.39, 0.29) is 0 Å². The van der Waals surface area contributed by atoms with Gasteiger partial charge in [-0.3, -0.25) is 0 Å². The lowest BCUT2D eigenvalue weighted by molar-refractivity contribution is 0.510. The number of halogens is 2. The molecule has 12 heavy (non-hydrogen) atoms. The molecule has 0 N–H and O–H groups in total. The molecule has 1 aromatic carbocycles. The smallest absolute Gasteiger partial charge is 0.160 e. The fraction of sp³-hybridized carbons (Fsp3) is 0.111. The van der Waals surface area contributed by atoms with Gasteiger partial charge in [0.2, 0.25) is 0 Å². The number of hydrogen-bond donors (Lipinski definition) is 0. The van der Waals surface area contributed by atoms with Crippen LogP contribution in [0.4, 0.5) is 8.78 Å². The highest BCUT2D eigenvalue weighted by molar-refractivity contribution is 5.80. The average molecular weight is 167 g/mol. The molecule has 0 fully saturated rings. The molecule has 0 saturated carbocycles. The van der Waals surface area contributed by atoms with Crippen molar-refractivity contribution in [3.63, 3.8) is 0 Å². The summed E-state index contributed by atoms with van der Waals surface area (Å²) in [6.45, 7) is 0. The van der Waals surface area contributed by atoms with Crippen molar-refractivity contribution in [3.8, 4) is 0 Å². The summed E-state index contributed by atoms with van der Waals surface area (Å²) in [6, 6.07) is 4.15. The van der Waals surface area contributed by atoms with Gasteiger partial charge >= 0.3 is 0 Å². The molecular formula is C9H7F2N. The number of aryl methyl sites for hydroxylation is 1. The minimum absolute atomic E-state index is 0.703. The van der Waals surface area contributed by atoms with Crippen LogP contribution in [0, 0.1) is 11.6 Å². The minimum atomic E-state index is -0.802. The van der Waals surface area contributed by atoms with Crippen molar-refractivity contribution in [1.29, 1.82) is 0 Å². The van der Waals surface area contributed by atoms with Crippen molar-refractivity contribution in [2.75, 3.05) is 0 Å². The Kier molecular flexibility index (Phi) is 1.40. The summed E-state index contributed by atoms with van der Waals surface area (Å²) in [5, 5.41) is 0.719. The minimum Gasteiger partial charge on any atom is -0.350 e. The standard InChI is InChI=1S/C9H7F2N/c1-12-3-2-6-4-7(10)8(11)5-9(6)12/h2-5H,1H3. The second kappa shape index (κ2) is 2.30. The zero-order valence-electron chi connectivity index (χ0n) is 6.51. The maximum Gasteiger partial charge on any atom is 0.160 e. The Morgan fingerprint density at radius 1 is 1.17 bits per heavy atom. The van der Waals surface area contributed by atoms with E-state index in [1.807, 2.05) is 0 Å². The third kappa shape index (κ3) is 0.897. The Morgan fingerprint density at radius 2 is 1.83 bits per heavy atom. The summed E-state index contributed by atoms with van der Waals surface area (Å²) in [4.78, 5) is 0. The predicted octanol–water partition coefficient (Wildman–Crippen LogP) is 2.46. The lowest BCUT2D eigenvalue weighted by Gasteiger charge is -1.96. The summed E-state index contributed by atoms with van der Waals surface area (Å²) in [5.41, 5.74) is 0.703.